The number of nitrogens with two attached hydrogens (primary N) is 1. The lowest BCUT2D eigenvalue weighted by Crippen LogP contribution is -2.46. The third-order valence-electron chi connectivity index (χ3n) is 5.46. The smallest absolute Gasteiger partial charge is 0.313 e. The number of nitrogens with zero attached hydrogens (tertiary/aromatic N) is 3. The van der Waals surface area contributed by atoms with E-state index in [1.54, 1.807) is 6.07 Å². The number of fused-ring (bicyclic) bond motifs is 1. The molecule has 2 atom stereocenters. The standard InChI is InChI=1S/C21H21FN6O3/c1-11-2-3-17(12-4-13-8-25-27-18(13)16(22)6-12)28(10-11)21(31)20(30)26-15-5-14(19(23)29)7-24-9-15/h4-9,11,17H,2-3,10H2,1H3,(H2,23,29)(H,25,27)(H,26,30). The average Bonchev–Trinajstić information content (AvgIpc) is 3.22. The summed E-state index contributed by atoms with van der Waals surface area (Å²) in [4.78, 5) is 42.3. The van der Waals surface area contributed by atoms with Gasteiger partial charge in [-0.25, -0.2) is 4.39 Å². The van der Waals surface area contributed by atoms with Gasteiger partial charge in [0.25, 0.3) is 0 Å². The topological polar surface area (TPSA) is 134 Å². The number of primary amides is 1. The molecule has 1 saturated heterocycles. The van der Waals surface area contributed by atoms with Crippen LogP contribution in [0.5, 0.6) is 0 Å². The van der Waals surface area contributed by atoms with Crippen LogP contribution < -0.4 is 11.1 Å². The minimum Gasteiger partial charge on any atom is -0.366 e. The second kappa shape index (κ2) is 8.13. The van der Waals surface area contributed by atoms with Crippen LogP contribution in [-0.4, -0.2) is 44.3 Å². The third kappa shape index (κ3) is 4.09. The molecule has 2 aromatic heterocycles. The van der Waals surface area contributed by atoms with E-state index in [0.29, 0.717) is 29.4 Å². The molecule has 9 nitrogen and oxygen atoms in total. The minimum atomic E-state index is -0.868. The van der Waals surface area contributed by atoms with Crippen LogP contribution in [0.2, 0.25) is 0 Å². The van der Waals surface area contributed by atoms with Gasteiger partial charge in [-0.15, -0.1) is 0 Å². The van der Waals surface area contributed by atoms with Crippen LogP contribution >= 0.6 is 0 Å². The first-order valence-electron chi connectivity index (χ1n) is 9.83. The maximum absolute atomic E-state index is 14.5. The van der Waals surface area contributed by atoms with E-state index in [2.05, 4.69) is 20.5 Å². The molecule has 31 heavy (non-hydrogen) atoms. The molecule has 3 heterocycles. The molecule has 3 aromatic rings. The SMILES string of the molecule is CC1CCC(c2cc(F)c3[nH]ncc3c2)N(C(=O)C(=O)Nc2cncc(C(N)=O)c2)C1. The first kappa shape index (κ1) is 20.5. The molecular formula is C21H21FN6O3. The summed E-state index contributed by atoms with van der Waals surface area (Å²) >= 11 is 0. The second-order valence-corrected chi connectivity index (χ2v) is 7.77. The van der Waals surface area contributed by atoms with Gasteiger partial charge in [0.2, 0.25) is 5.91 Å². The van der Waals surface area contributed by atoms with Crippen molar-refractivity contribution < 1.29 is 18.8 Å². The Morgan fingerprint density at radius 1 is 1.19 bits per heavy atom. The van der Waals surface area contributed by atoms with Crippen LogP contribution in [-0.2, 0) is 9.59 Å². The summed E-state index contributed by atoms with van der Waals surface area (Å²) in [6.45, 7) is 2.36. The Bertz CT molecular complexity index is 1180. The van der Waals surface area contributed by atoms with Crippen molar-refractivity contribution in [1.82, 2.24) is 20.1 Å². The van der Waals surface area contributed by atoms with E-state index < -0.39 is 29.6 Å². The number of aromatic amines is 1. The van der Waals surface area contributed by atoms with Crippen molar-refractivity contribution >= 4 is 34.3 Å². The number of halogens is 1. The zero-order valence-electron chi connectivity index (χ0n) is 16.8. The van der Waals surface area contributed by atoms with Crippen LogP contribution in [0.3, 0.4) is 0 Å². The number of likely N-dealkylation sites (tertiary alicyclic amines) is 1. The van der Waals surface area contributed by atoms with Crippen LogP contribution in [0.25, 0.3) is 10.9 Å². The maximum atomic E-state index is 14.5. The predicted molar refractivity (Wildman–Crippen MR) is 110 cm³/mol. The van der Waals surface area contributed by atoms with Gasteiger partial charge < -0.3 is 16.0 Å². The van der Waals surface area contributed by atoms with Gasteiger partial charge in [-0.05, 0) is 42.5 Å². The summed E-state index contributed by atoms with van der Waals surface area (Å²) in [6.07, 6.45) is 5.54. The third-order valence-corrected chi connectivity index (χ3v) is 5.46. The fraction of sp³-hybridized carbons (Fsp3) is 0.286. The number of carbonyl (C=O) groups is 3. The molecule has 0 radical (unpaired) electrons. The Morgan fingerprint density at radius 3 is 2.77 bits per heavy atom. The number of pyridine rings is 1. The molecule has 160 valence electrons. The van der Waals surface area contributed by atoms with E-state index in [0.717, 1.165) is 6.42 Å². The Balaban J connectivity index is 1.59. The van der Waals surface area contributed by atoms with Gasteiger partial charge in [0.1, 0.15) is 11.3 Å². The molecule has 2 unspecified atom stereocenters. The van der Waals surface area contributed by atoms with Crippen molar-refractivity contribution in [3.8, 4) is 0 Å². The number of rotatable bonds is 3. The van der Waals surface area contributed by atoms with E-state index in [-0.39, 0.29) is 17.2 Å². The highest BCUT2D eigenvalue weighted by atomic mass is 19.1. The molecule has 10 heteroatoms. The normalized spacial score (nSPS) is 18.7. The Morgan fingerprint density at radius 2 is 2.00 bits per heavy atom. The first-order chi connectivity index (χ1) is 14.8. The van der Waals surface area contributed by atoms with Crippen molar-refractivity contribution in [2.75, 3.05) is 11.9 Å². The summed E-state index contributed by atoms with van der Waals surface area (Å²) in [6, 6.07) is 4.05. The fourth-order valence-corrected chi connectivity index (χ4v) is 3.91. The zero-order chi connectivity index (χ0) is 22.1. The zero-order valence-corrected chi connectivity index (χ0v) is 16.8. The Labute approximate surface area is 176 Å². The molecule has 4 N–H and O–H groups in total. The number of hydrogen-bond donors (Lipinski definition) is 3. The molecule has 0 spiro atoms. The van der Waals surface area contributed by atoms with Crippen LogP contribution in [0, 0.1) is 11.7 Å². The van der Waals surface area contributed by atoms with Gasteiger partial charge in [0.15, 0.2) is 0 Å². The molecule has 1 aliphatic heterocycles. The summed E-state index contributed by atoms with van der Waals surface area (Å²) in [5, 5.41) is 9.53. The molecule has 0 aliphatic carbocycles. The molecule has 4 rings (SSSR count). The second-order valence-electron chi connectivity index (χ2n) is 7.77. The molecule has 1 aromatic carbocycles. The largest absolute Gasteiger partial charge is 0.366 e. The van der Waals surface area contributed by atoms with Crippen LogP contribution in [0.4, 0.5) is 10.1 Å². The number of aromatic nitrogens is 3. The van der Waals surface area contributed by atoms with Crippen LogP contribution in [0.1, 0.15) is 41.7 Å². The number of H-pyrrole nitrogens is 1. The van der Waals surface area contributed by atoms with E-state index in [1.807, 2.05) is 6.92 Å². The number of carbonyl (C=O) groups excluding carboxylic acids is 3. The summed E-state index contributed by atoms with van der Waals surface area (Å²) < 4.78 is 14.5. The van der Waals surface area contributed by atoms with Crippen LogP contribution in [0.15, 0.2) is 36.8 Å². The number of anilines is 1. The van der Waals surface area contributed by atoms with E-state index in [9.17, 15) is 18.8 Å². The van der Waals surface area contributed by atoms with Gasteiger partial charge in [-0.2, -0.15) is 5.10 Å². The van der Waals surface area contributed by atoms with Crippen molar-refractivity contribution in [2.24, 2.45) is 11.7 Å². The molecule has 1 fully saturated rings. The summed E-state index contributed by atoms with van der Waals surface area (Å²) in [5.41, 5.74) is 6.42. The lowest BCUT2D eigenvalue weighted by Gasteiger charge is -2.38. The number of nitrogens with one attached hydrogen (secondary N) is 2. The number of hydrogen-bond acceptors (Lipinski definition) is 5. The highest BCUT2D eigenvalue weighted by Gasteiger charge is 2.34. The molecule has 0 bridgehead atoms. The van der Waals surface area contributed by atoms with Crippen molar-refractivity contribution in [1.29, 1.82) is 0 Å². The lowest BCUT2D eigenvalue weighted by molar-refractivity contribution is -0.146. The molecular weight excluding hydrogens is 403 g/mol. The van der Waals surface area contributed by atoms with Gasteiger partial charge in [-0.3, -0.25) is 24.5 Å². The quantitative estimate of drug-likeness (QED) is 0.554. The van der Waals surface area contributed by atoms with Gasteiger partial charge >= 0.3 is 11.8 Å². The van der Waals surface area contributed by atoms with Gasteiger partial charge in [-0.1, -0.05) is 6.92 Å². The summed E-state index contributed by atoms with van der Waals surface area (Å²) in [7, 11) is 0. The minimum absolute atomic E-state index is 0.110. The number of benzene rings is 1. The highest BCUT2D eigenvalue weighted by Crippen LogP contribution is 2.35. The highest BCUT2D eigenvalue weighted by molar-refractivity contribution is 6.39. The summed E-state index contributed by atoms with van der Waals surface area (Å²) in [5.74, 6) is -2.58. The first-order valence-corrected chi connectivity index (χ1v) is 9.83. The maximum Gasteiger partial charge on any atom is 0.313 e. The van der Waals surface area contributed by atoms with Crippen molar-refractivity contribution in [3.05, 3.63) is 53.7 Å². The Kier molecular flexibility index (Phi) is 5.37. The van der Waals surface area contributed by atoms with Crippen molar-refractivity contribution in [2.45, 2.75) is 25.8 Å². The average molecular weight is 424 g/mol. The van der Waals surface area contributed by atoms with E-state index in [4.69, 9.17) is 5.73 Å². The van der Waals surface area contributed by atoms with Gasteiger partial charge in [0.05, 0.1) is 29.7 Å². The number of amides is 3. The van der Waals surface area contributed by atoms with Crippen molar-refractivity contribution in [3.63, 3.8) is 0 Å². The molecule has 1 aliphatic rings. The fourth-order valence-electron chi connectivity index (χ4n) is 3.91. The molecule has 3 amide bonds. The lowest BCUT2D eigenvalue weighted by atomic mass is 9.89. The van der Waals surface area contributed by atoms with E-state index in [1.165, 1.54) is 35.6 Å². The van der Waals surface area contributed by atoms with E-state index >= 15 is 0 Å². The Hall–Kier alpha value is -3.82. The molecule has 0 saturated carbocycles. The van der Waals surface area contributed by atoms with Gasteiger partial charge in [0, 0.05) is 18.1 Å². The predicted octanol–water partition coefficient (Wildman–Crippen LogP) is 2.13. The monoisotopic (exact) mass is 424 g/mol. The number of piperidine rings is 1.